The number of rotatable bonds is 2. The van der Waals surface area contributed by atoms with Crippen LogP contribution in [0.15, 0.2) is 47.4 Å². The summed E-state index contributed by atoms with van der Waals surface area (Å²) in [5, 5.41) is 0. The van der Waals surface area contributed by atoms with Crippen molar-refractivity contribution in [3.05, 3.63) is 57.2 Å². The molecule has 0 aliphatic carbocycles. The van der Waals surface area contributed by atoms with Crippen LogP contribution < -0.4 is 4.31 Å². The number of fused-ring (bicyclic) bond motifs is 1. The molecule has 0 saturated heterocycles. The molecule has 0 fully saturated rings. The Morgan fingerprint density at radius 3 is 2.50 bits per heavy atom. The Morgan fingerprint density at radius 2 is 1.80 bits per heavy atom. The van der Waals surface area contributed by atoms with E-state index in [0.717, 1.165) is 26.8 Å². The lowest BCUT2D eigenvalue weighted by Gasteiger charge is -2.19. The quantitative estimate of drug-likeness (QED) is 0.727. The van der Waals surface area contributed by atoms with Gasteiger partial charge >= 0.3 is 0 Å². The van der Waals surface area contributed by atoms with Gasteiger partial charge in [-0.3, -0.25) is 4.31 Å². The number of hydrogen-bond donors (Lipinski definition) is 0. The first-order valence-electron chi connectivity index (χ1n) is 6.36. The average molecular weight is 399 g/mol. The minimum absolute atomic E-state index is 0.356. The molecule has 5 heteroatoms. The smallest absolute Gasteiger partial charge is 0.264 e. The van der Waals surface area contributed by atoms with Gasteiger partial charge in [0.25, 0.3) is 10.0 Å². The topological polar surface area (TPSA) is 37.4 Å². The maximum Gasteiger partial charge on any atom is 0.264 e. The molecule has 0 unspecified atom stereocenters. The molecule has 104 valence electrons. The third-order valence-electron chi connectivity index (χ3n) is 3.51. The van der Waals surface area contributed by atoms with E-state index in [4.69, 9.17) is 0 Å². The minimum Gasteiger partial charge on any atom is -0.266 e. The lowest BCUT2D eigenvalue weighted by atomic mass is 10.2. The molecule has 0 amide bonds. The van der Waals surface area contributed by atoms with E-state index in [-0.39, 0.29) is 0 Å². The summed E-state index contributed by atoms with van der Waals surface area (Å²) in [4.78, 5) is 0.356. The van der Waals surface area contributed by atoms with Crippen LogP contribution in [0.25, 0.3) is 0 Å². The molecule has 1 heterocycles. The fraction of sp³-hybridized carbons (Fsp3) is 0.200. The highest BCUT2D eigenvalue weighted by Crippen LogP contribution is 2.34. The Balaban J connectivity index is 2.07. The summed E-state index contributed by atoms with van der Waals surface area (Å²) in [7, 11) is -3.46. The second kappa shape index (κ2) is 5.04. The van der Waals surface area contributed by atoms with Crippen molar-refractivity contribution in [3.63, 3.8) is 0 Å². The molecule has 0 spiro atoms. The molecule has 0 saturated carbocycles. The van der Waals surface area contributed by atoms with Crippen LogP contribution >= 0.6 is 22.6 Å². The summed E-state index contributed by atoms with van der Waals surface area (Å²) in [6, 6.07) is 13.0. The van der Waals surface area contributed by atoms with Crippen LogP contribution in [-0.2, 0) is 16.4 Å². The second-order valence-electron chi connectivity index (χ2n) is 4.91. The first-order chi connectivity index (χ1) is 9.48. The normalized spacial score (nSPS) is 14.4. The summed E-state index contributed by atoms with van der Waals surface area (Å²) in [5.74, 6) is 0. The summed E-state index contributed by atoms with van der Waals surface area (Å²) >= 11 is 2.21. The highest BCUT2D eigenvalue weighted by atomic mass is 127. The SMILES string of the molecule is Cc1ccc(S(=O)(=O)N2CCc3ccc(I)cc32)cc1. The molecule has 3 nitrogen and oxygen atoms in total. The fourth-order valence-corrected chi connectivity index (χ4v) is 4.38. The third-order valence-corrected chi connectivity index (χ3v) is 6.01. The van der Waals surface area contributed by atoms with Crippen molar-refractivity contribution in [1.29, 1.82) is 0 Å². The van der Waals surface area contributed by atoms with E-state index in [1.165, 1.54) is 4.31 Å². The monoisotopic (exact) mass is 399 g/mol. The van der Waals surface area contributed by atoms with Crippen molar-refractivity contribution in [2.45, 2.75) is 18.2 Å². The Kier molecular flexibility index (Phi) is 3.50. The molecule has 0 aromatic heterocycles. The van der Waals surface area contributed by atoms with Gasteiger partial charge in [0.05, 0.1) is 10.6 Å². The van der Waals surface area contributed by atoms with Gasteiger partial charge in [-0.25, -0.2) is 8.42 Å². The van der Waals surface area contributed by atoms with Crippen molar-refractivity contribution < 1.29 is 8.42 Å². The zero-order valence-electron chi connectivity index (χ0n) is 11.0. The lowest BCUT2D eigenvalue weighted by Crippen LogP contribution is -2.29. The van der Waals surface area contributed by atoms with Crippen molar-refractivity contribution in [2.75, 3.05) is 10.8 Å². The summed E-state index contributed by atoms with van der Waals surface area (Å²) in [6.45, 7) is 2.47. The van der Waals surface area contributed by atoms with Gasteiger partial charge in [-0.2, -0.15) is 0 Å². The molecule has 2 aromatic rings. The molecule has 3 rings (SSSR count). The third kappa shape index (κ3) is 2.33. The van der Waals surface area contributed by atoms with Gasteiger partial charge in [-0.1, -0.05) is 23.8 Å². The van der Waals surface area contributed by atoms with Gasteiger partial charge in [-0.15, -0.1) is 0 Å². The van der Waals surface area contributed by atoms with Crippen LogP contribution in [0.1, 0.15) is 11.1 Å². The van der Waals surface area contributed by atoms with E-state index in [9.17, 15) is 8.42 Å². The zero-order chi connectivity index (χ0) is 14.3. The van der Waals surface area contributed by atoms with E-state index in [2.05, 4.69) is 22.6 Å². The van der Waals surface area contributed by atoms with E-state index in [1.54, 1.807) is 12.1 Å². The first kappa shape index (κ1) is 13.9. The van der Waals surface area contributed by atoms with Gasteiger partial charge in [0, 0.05) is 10.1 Å². The molecule has 0 bridgehead atoms. The van der Waals surface area contributed by atoms with Gasteiger partial charge in [0.1, 0.15) is 0 Å². The van der Waals surface area contributed by atoms with Crippen LogP contribution in [0.3, 0.4) is 0 Å². The molecule has 0 N–H and O–H groups in total. The van der Waals surface area contributed by atoms with Crippen LogP contribution in [0.2, 0.25) is 0 Å². The standard InChI is InChI=1S/C15H14INO2S/c1-11-2-6-14(7-3-11)20(18,19)17-9-8-12-4-5-13(16)10-15(12)17/h2-7,10H,8-9H2,1H3. The molecule has 0 atom stereocenters. The average Bonchev–Trinajstić information content (AvgIpc) is 2.82. The predicted molar refractivity (Wildman–Crippen MR) is 88.6 cm³/mol. The molecule has 1 aliphatic rings. The molecular formula is C15H14INO2S. The molecule has 0 radical (unpaired) electrons. The minimum atomic E-state index is -3.46. The van der Waals surface area contributed by atoms with Crippen molar-refractivity contribution in [2.24, 2.45) is 0 Å². The Hall–Kier alpha value is -1.08. The van der Waals surface area contributed by atoms with E-state index in [1.807, 2.05) is 37.3 Å². The van der Waals surface area contributed by atoms with Gasteiger partial charge in [0.15, 0.2) is 0 Å². The number of hydrogen-bond acceptors (Lipinski definition) is 2. The number of aryl methyl sites for hydroxylation is 1. The summed E-state index contributed by atoms with van der Waals surface area (Å²) in [6.07, 6.45) is 0.775. The Bertz CT molecular complexity index is 754. The van der Waals surface area contributed by atoms with Gasteiger partial charge in [-0.05, 0) is 65.8 Å². The summed E-state index contributed by atoms with van der Waals surface area (Å²) in [5.41, 5.74) is 2.97. The Morgan fingerprint density at radius 1 is 1.10 bits per heavy atom. The highest BCUT2D eigenvalue weighted by molar-refractivity contribution is 14.1. The van der Waals surface area contributed by atoms with Crippen LogP contribution in [-0.4, -0.2) is 15.0 Å². The zero-order valence-corrected chi connectivity index (χ0v) is 14.0. The molecule has 2 aromatic carbocycles. The number of benzene rings is 2. The number of nitrogens with zero attached hydrogens (tertiary/aromatic N) is 1. The van der Waals surface area contributed by atoms with E-state index < -0.39 is 10.0 Å². The maximum atomic E-state index is 12.7. The van der Waals surface area contributed by atoms with Crippen molar-refractivity contribution in [1.82, 2.24) is 0 Å². The van der Waals surface area contributed by atoms with Gasteiger partial charge < -0.3 is 0 Å². The summed E-state index contributed by atoms with van der Waals surface area (Å²) < 4.78 is 28.1. The number of sulfonamides is 1. The van der Waals surface area contributed by atoms with Gasteiger partial charge in [0.2, 0.25) is 0 Å². The first-order valence-corrected chi connectivity index (χ1v) is 8.88. The molecule has 20 heavy (non-hydrogen) atoms. The number of anilines is 1. The molecular weight excluding hydrogens is 385 g/mol. The van der Waals surface area contributed by atoms with E-state index in [0.29, 0.717) is 11.4 Å². The molecule has 1 aliphatic heterocycles. The highest BCUT2D eigenvalue weighted by Gasteiger charge is 2.30. The maximum absolute atomic E-state index is 12.7. The van der Waals surface area contributed by atoms with Crippen LogP contribution in [0.4, 0.5) is 5.69 Å². The largest absolute Gasteiger partial charge is 0.266 e. The van der Waals surface area contributed by atoms with Crippen molar-refractivity contribution in [3.8, 4) is 0 Å². The van der Waals surface area contributed by atoms with Crippen LogP contribution in [0.5, 0.6) is 0 Å². The lowest BCUT2D eigenvalue weighted by molar-refractivity contribution is 0.592. The second-order valence-corrected chi connectivity index (χ2v) is 8.02. The van der Waals surface area contributed by atoms with Crippen LogP contribution in [0, 0.1) is 10.5 Å². The van der Waals surface area contributed by atoms with E-state index >= 15 is 0 Å². The van der Waals surface area contributed by atoms with Crippen molar-refractivity contribution >= 4 is 38.3 Å². The predicted octanol–water partition coefficient (Wildman–Crippen LogP) is 3.35. The fourth-order valence-electron chi connectivity index (χ4n) is 2.41. The Labute approximate surface area is 132 Å². The number of halogens is 1.